The molecule has 0 bridgehead atoms. The minimum Gasteiger partial charge on any atom is -0.436 e. The van der Waals surface area contributed by atoms with E-state index in [0.29, 0.717) is 11.1 Å². The normalized spacial score (nSPS) is 17.9. The van der Waals surface area contributed by atoms with Gasteiger partial charge in [0.05, 0.1) is 10.2 Å². The first-order valence-corrected chi connectivity index (χ1v) is 12.6. The summed E-state index contributed by atoms with van der Waals surface area (Å²) in [6.45, 7) is 9.71. The first-order chi connectivity index (χ1) is 16.6. The summed E-state index contributed by atoms with van der Waals surface area (Å²) in [4.78, 5) is 15.6. The number of thiazole rings is 1. The Morgan fingerprint density at radius 3 is 2.62 bits per heavy atom. The van der Waals surface area contributed by atoms with Crippen molar-refractivity contribution in [1.29, 1.82) is 0 Å². The molecule has 174 valence electrons. The molecule has 2 aromatic carbocycles. The highest BCUT2D eigenvalue weighted by Crippen LogP contribution is 2.41. The minimum atomic E-state index is 0.0171. The van der Waals surface area contributed by atoms with Gasteiger partial charge in [0.2, 0.25) is 5.88 Å². The second kappa shape index (κ2) is 9.03. The van der Waals surface area contributed by atoms with Crippen LogP contribution in [-0.4, -0.2) is 11.1 Å². The molecule has 0 unspecified atom stereocenters. The van der Waals surface area contributed by atoms with Crippen LogP contribution in [0, 0.1) is 6.92 Å². The second-order valence-electron chi connectivity index (χ2n) is 8.35. The minimum absolute atomic E-state index is 0.0171. The SMILES string of the molecule is CCC1=CNc2ccccc2C1=CC=c1sc(=C2Oc3cccc(C)c3N2CC)n(CC)c1=O. The van der Waals surface area contributed by atoms with E-state index in [9.17, 15) is 4.79 Å². The van der Waals surface area contributed by atoms with Crippen LogP contribution >= 0.6 is 11.3 Å². The molecule has 34 heavy (non-hydrogen) atoms. The van der Waals surface area contributed by atoms with Crippen molar-refractivity contribution in [3.8, 4) is 5.75 Å². The zero-order valence-corrected chi connectivity index (χ0v) is 20.8. The van der Waals surface area contributed by atoms with Crippen molar-refractivity contribution < 1.29 is 4.74 Å². The van der Waals surface area contributed by atoms with Gasteiger partial charge in [0.1, 0.15) is 0 Å². The van der Waals surface area contributed by atoms with Gasteiger partial charge in [-0.1, -0.05) is 43.3 Å². The van der Waals surface area contributed by atoms with E-state index >= 15 is 0 Å². The topological polar surface area (TPSA) is 46.5 Å². The Labute approximate surface area is 203 Å². The van der Waals surface area contributed by atoms with Crippen molar-refractivity contribution in [1.82, 2.24) is 4.57 Å². The van der Waals surface area contributed by atoms with Crippen molar-refractivity contribution in [3.05, 3.63) is 91.0 Å². The van der Waals surface area contributed by atoms with Gasteiger partial charge in [-0.3, -0.25) is 9.36 Å². The summed E-state index contributed by atoms with van der Waals surface area (Å²) >= 11 is 1.49. The maximum absolute atomic E-state index is 13.4. The molecule has 0 radical (unpaired) electrons. The van der Waals surface area contributed by atoms with Crippen LogP contribution in [0.4, 0.5) is 11.4 Å². The second-order valence-corrected chi connectivity index (χ2v) is 9.38. The lowest BCUT2D eigenvalue weighted by atomic mass is 9.92. The van der Waals surface area contributed by atoms with Crippen molar-refractivity contribution in [2.75, 3.05) is 16.8 Å². The highest BCUT2D eigenvalue weighted by atomic mass is 32.1. The standard InChI is InChI=1S/C28H29N3O2S/c1-5-19-17-29-22-13-9-8-12-21(22)20(19)15-16-24-26(32)31(7-3)28(34-24)27-30(6-2)25-18(4)11-10-14-23(25)33-27/h8-17,29H,5-7H2,1-4H3. The summed E-state index contributed by atoms with van der Waals surface area (Å²) in [5.41, 5.74) is 6.87. The Hall–Kier alpha value is -3.51. The molecule has 5 nitrogen and oxygen atoms in total. The Kier molecular flexibility index (Phi) is 5.92. The Morgan fingerprint density at radius 1 is 1.03 bits per heavy atom. The molecule has 3 heterocycles. The van der Waals surface area contributed by atoms with Crippen molar-refractivity contribution in [3.63, 3.8) is 0 Å². The number of allylic oxidation sites excluding steroid dienone is 3. The van der Waals surface area contributed by atoms with Crippen LogP contribution in [-0.2, 0) is 6.54 Å². The first kappa shape index (κ1) is 22.3. The summed E-state index contributed by atoms with van der Waals surface area (Å²) in [5.74, 6) is 1.58. The molecule has 1 aromatic heterocycles. The third kappa shape index (κ3) is 3.59. The number of aromatic nitrogens is 1. The van der Waals surface area contributed by atoms with E-state index in [1.54, 1.807) is 0 Å². The zero-order valence-electron chi connectivity index (χ0n) is 20.0. The average molecular weight is 472 g/mol. The van der Waals surface area contributed by atoms with E-state index in [2.05, 4.69) is 61.5 Å². The molecule has 0 spiro atoms. The lowest BCUT2D eigenvalue weighted by Gasteiger charge is -2.20. The van der Waals surface area contributed by atoms with E-state index in [4.69, 9.17) is 4.74 Å². The number of ether oxygens (including phenoxy) is 1. The third-order valence-electron chi connectivity index (χ3n) is 6.39. The predicted octanol–water partition coefficient (Wildman–Crippen LogP) is 4.81. The smallest absolute Gasteiger partial charge is 0.269 e. The summed E-state index contributed by atoms with van der Waals surface area (Å²) in [7, 11) is 0. The Balaban J connectivity index is 1.69. The number of hydrogen-bond acceptors (Lipinski definition) is 5. The van der Waals surface area contributed by atoms with E-state index in [1.807, 2.05) is 41.8 Å². The lowest BCUT2D eigenvalue weighted by Crippen LogP contribution is -2.34. The number of para-hydroxylation sites is 2. The monoisotopic (exact) mass is 471 g/mol. The number of anilines is 2. The van der Waals surface area contributed by atoms with E-state index in [1.165, 1.54) is 16.9 Å². The van der Waals surface area contributed by atoms with Crippen LogP contribution in [0.3, 0.4) is 0 Å². The largest absolute Gasteiger partial charge is 0.436 e. The number of fused-ring (bicyclic) bond motifs is 2. The van der Waals surface area contributed by atoms with E-state index in [0.717, 1.165) is 57.3 Å². The summed E-state index contributed by atoms with van der Waals surface area (Å²) < 4.78 is 9.69. The van der Waals surface area contributed by atoms with Crippen LogP contribution in [0.2, 0.25) is 0 Å². The number of aryl methyl sites for hydroxylation is 1. The molecule has 0 atom stereocenters. The molecular formula is C28H29N3O2S. The fraction of sp³-hybridized carbons (Fsp3) is 0.250. The van der Waals surface area contributed by atoms with Crippen LogP contribution in [0.1, 0.15) is 38.3 Å². The summed E-state index contributed by atoms with van der Waals surface area (Å²) in [6, 6.07) is 14.4. The van der Waals surface area contributed by atoms with Gasteiger partial charge in [0.25, 0.3) is 5.56 Å². The summed E-state index contributed by atoms with van der Waals surface area (Å²) in [6.07, 6.45) is 7.02. The fourth-order valence-corrected chi connectivity index (χ4v) is 5.77. The molecule has 0 aliphatic carbocycles. The fourth-order valence-electron chi connectivity index (χ4n) is 4.67. The molecule has 3 aromatic rings. The molecule has 0 fully saturated rings. The zero-order chi connectivity index (χ0) is 23.8. The Morgan fingerprint density at radius 2 is 1.85 bits per heavy atom. The first-order valence-electron chi connectivity index (χ1n) is 11.8. The van der Waals surface area contributed by atoms with Crippen LogP contribution in [0.15, 0.2) is 65.1 Å². The molecule has 5 rings (SSSR count). The van der Waals surface area contributed by atoms with Crippen molar-refractivity contribution in [2.24, 2.45) is 0 Å². The van der Waals surface area contributed by atoms with Crippen LogP contribution in [0.5, 0.6) is 5.75 Å². The van der Waals surface area contributed by atoms with E-state index in [-0.39, 0.29) is 5.56 Å². The van der Waals surface area contributed by atoms with Gasteiger partial charge in [-0.25, -0.2) is 0 Å². The number of nitrogens with one attached hydrogen (secondary N) is 1. The number of hydrogen-bond donors (Lipinski definition) is 1. The van der Waals surface area contributed by atoms with Gasteiger partial charge in [-0.15, -0.1) is 11.3 Å². The molecule has 0 saturated carbocycles. The van der Waals surface area contributed by atoms with Gasteiger partial charge < -0.3 is 15.0 Å². The number of nitrogens with zero attached hydrogens (tertiary/aromatic N) is 2. The van der Waals surface area contributed by atoms with Crippen LogP contribution < -0.4 is 29.7 Å². The van der Waals surface area contributed by atoms with E-state index < -0.39 is 0 Å². The maximum atomic E-state index is 13.4. The molecule has 2 aliphatic heterocycles. The van der Waals surface area contributed by atoms with Crippen molar-refractivity contribution >= 4 is 40.2 Å². The average Bonchev–Trinajstić information content (AvgIpc) is 3.39. The van der Waals surface area contributed by atoms with Gasteiger partial charge >= 0.3 is 0 Å². The molecular weight excluding hydrogens is 442 g/mol. The van der Waals surface area contributed by atoms with Crippen molar-refractivity contribution in [2.45, 2.75) is 40.7 Å². The Bertz CT molecular complexity index is 1510. The quantitative estimate of drug-likeness (QED) is 0.594. The molecule has 6 heteroatoms. The lowest BCUT2D eigenvalue weighted by molar-refractivity contribution is 0.512. The highest BCUT2D eigenvalue weighted by Gasteiger charge is 2.29. The van der Waals surface area contributed by atoms with Crippen LogP contribution in [0.25, 0.3) is 17.5 Å². The number of benzene rings is 2. The maximum Gasteiger partial charge on any atom is 0.269 e. The summed E-state index contributed by atoms with van der Waals surface area (Å²) in [5, 5.41) is 3.38. The molecule has 0 amide bonds. The molecule has 1 N–H and O–H groups in total. The van der Waals surface area contributed by atoms with Gasteiger partial charge in [-0.05, 0) is 62.1 Å². The molecule has 2 aliphatic rings. The molecule has 0 saturated heterocycles. The van der Waals surface area contributed by atoms with Gasteiger partial charge in [0, 0.05) is 30.5 Å². The van der Waals surface area contributed by atoms with Gasteiger partial charge in [0.15, 0.2) is 10.4 Å². The highest BCUT2D eigenvalue weighted by molar-refractivity contribution is 7.07. The van der Waals surface area contributed by atoms with Gasteiger partial charge in [-0.2, -0.15) is 0 Å². The number of rotatable bonds is 4. The predicted molar refractivity (Wildman–Crippen MR) is 143 cm³/mol. The third-order valence-corrected chi connectivity index (χ3v) is 7.51.